The lowest BCUT2D eigenvalue weighted by molar-refractivity contribution is 0.470. The number of hydrogen-bond donors (Lipinski definition) is 1. The highest BCUT2D eigenvalue weighted by Crippen LogP contribution is 2.48. The molecule has 0 bridgehead atoms. The zero-order valence-corrected chi connectivity index (χ0v) is 9.33. The average Bonchev–Trinajstić information content (AvgIpc) is 3.03. The summed E-state index contributed by atoms with van der Waals surface area (Å²) in [5.74, 6) is -1.45. The van der Waals surface area contributed by atoms with E-state index in [0.29, 0.717) is 17.0 Å². The van der Waals surface area contributed by atoms with Crippen LogP contribution >= 0.6 is 11.8 Å². The van der Waals surface area contributed by atoms with E-state index in [1.807, 2.05) is 0 Å². The van der Waals surface area contributed by atoms with Crippen LogP contribution in [0.3, 0.4) is 0 Å². The van der Waals surface area contributed by atoms with Crippen LogP contribution < -0.4 is 5.73 Å². The molecule has 2 rings (SSSR count). The molecule has 0 atom stereocenters. The van der Waals surface area contributed by atoms with Crippen molar-refractivity contribution in [1.29, 1.82) is 0 Å². The van der Waals surface area contributed by atoms with E-state index in [9.17, 15) is 8.78 Å². The molecule has 0 heterocycles. The maximum atomic E-state index is 13.7. The predicted molar refractivity (Wildman–Crippen MR) is 58.1 cm³/mol. The largest absolute Gasteiger partial charge is 0.330 e. The van der Waals surface area contributed by atoms with Gasteiger partial charge in [-0.15, -0.1) is 11.8 Å². The van der Waals surface area contributed by atoms with E-state index in [1.54, 1.807) is 18.4 Å². The van der Waals surface area contributed by atoms with Crippen LogP contribution in [0.25, 0.3) is 0 Å². The van der Waals surface area contributed by atoms with Gasteiger partial charge in [-0.25, -0.2) is 8.78 Å². The van der Waals surface area contributed by atoms with Gasteiger partial charge in [-0.1, -0.05) is 6.07 Å². The highest BCUT2D eigenvalue weighted by molar-refractivity contribution is 7.98. The molecule has 82 valence electrons. The smallest absolute Gasteiger partial charge is 0.172 e. The lowest BCUT2D eigenvalue weighted by atomic mass is 9.95. The van der Waals surface area contributed by atoms with Crippen molar-refractivity contribution in [3.63, 3.8) is 0 Å². The van der Waals surface area contributed by atoms with Crippen LogP contribution in [0.1, 0.15) is 18.4 Å². The van der Waals surface area contributed by atoms with Crippen molar-refractivity contribution in [3.05, 3.63) is 29.3 Å². The number of thioether (sulfide) groups is 1. The summed E-state index contributed by atoms with van der Waals surface area (Å²) in [5, 5.41) is 0. The summed E-state index contributed by atoms with van der Waals surface area (Å²) in [4.78, 5) is 0.351. The van der Waals surface area contributed by atoms with Gasteiger partial charge < -0.3 is 5.73 Å². The fourth-order valence-corrected chi connectivity index (χ4v) is 2.31. The Morgan fingerprint density at radius 1 is 1.33 bits per heavy atom. The van der Waals surface area contributed by atoms with Gasteiger partial charge in [-0.2, -0.15) is 0 Å². The molecule has 15 heavy (non-hydrogen) atoms. The van der Waals surface area contributed by atoms with Crippen molar-refractivity contribution in [1.82, 2.24) is 0 Å². The molecule has 0 aromatic heterocycles. The van der Waals surface area contributed by atoms with Gasteiger partial charge in [0.2, 0.25) is 0 Å². The van der Waals surface area contributed by atoms with E-state index >= 15 is 0 Å². The van der Waals surface area contributed by atoms with Crippen LogP contribution in [-0.4, -0.2) is 12.8 Å². The lowest BCUT2D eigenvalue weighted by Gasteiger charge is -2.15. The minimum absolute atomic E-state index is 0.290. The lowest BCUT2D eigenvalue weighted by Crippen LogP contribution is -2.21. The maximum Gasteiger partial charge on any atom is 0.172 e. The molecule has 2 N–H and O–H groups in total. The van der Waals surface area contributed by atoms with Crippen LogP contribution in [0.2, 0.25) is 0 Å². The van der Waals surface area contributed by atoms with Gasteiger partial charge in [0.05, 0.1) is 0 Å². The molecule has 0 unspecified atom stereocenters. The van der Waals surface area contributed by atoms with Crippen molar-refractivity contribution in [2.75, 3.05) is 12.8 Å². The Hall–Kier alpha value is -0.610. The van der Waals surface area contributed by atoms with Crippen molar-refractivity contribution in [3.8, 4) is 0 Å². The monoisotopic (exact) mass is 229 g/mol. The highest BCUT2D eigenvalue weighted by atomic mass is 32.2. The van der Waals surface area contributed by atoms with E-state index in [-0.39, 0.29) is 5.41 Å². The van der Waals surface area contributed by atoms with Crippen molar-refractivity contribution in [2.24, 2.45) is 5.73 Å². The van der Waals surface area contributed by atoms with Crippen LogP contribution in [0.5, 0.6) is 0 Å². The minimum atomic E-state index is -0.736. The molecule has 1 fully saturated rings. The van der Waals surface area contributed by atoms with E-state index in [2.05, 4.69) is 0 Å². The number of benzene rings is 1. The van der Waals surface area contributed by atoms with E-state index < -0.39 is 11.6 Å². The molecule has 1 aliphatic carbocycles. The molecule has 0 spiro atoms. The van der Waals surface area contributed by atoms with Crippen molar-refractivity contribution < 1.29 is 8.78 Å². The number of nitrogens with two attached hydrogens (primary N) is 1. The summed E-state index contributed by atoms with van der Waals surface area (Å²) in [6.07, 6.45) is 3.45. The SMILES string of the molecule is CSc1ccc(C2(CN)CC2)c(F)c1F. The summed E-state index contributed by atoms with van der Waals surface area (Å²) < 4.78 is 27.2. The van der Waals surface area contributed by atoms with Crippen LogP contribution in [0.4, 0.5) is 8.78 Å². The third-order valence-corrected chi connectivity index (χ3v) is 3.84. The second kappa shape index (κ2) is 3.76. The summed E-state index contributed by atoms with van der Waals surface area (Å²) in [6.45, 7) is 0.391. The number of hydrogen-bond acceptors (Lipinski definition) is 2. The number of halogens is 2. The Morgan fingerprint density at radius 3 is 2.47 bits per heavy atom. The summed E-state index contributed by atoms with van der Waals surface area (Å²) in [7, 11) is 0. The quantitative estimate of drug-likeness (QED) is 0.806. The first-order chi connectivity index (χ1) is 7.14. The van der Waals surface area contributed by atoms with Gasteiger partial charge in [-0.05, 0) is 30.7 Å². The van der Waals surface area contributed by atoms with E-state index in [0.717, 1.165) is 12.8 Å². The molecule has 4 heteroatoms. The topological polar surface area (TPSA) is 26.0 Å². The third-order valence-electron chi connectivity index (χ3n) is 3.08. The molecular formula is C11H13F2NS. The summed E-state index contributed by atoms with van der Waals surface area (Å²) >= 11 is 1.21. The molecule has 1 aromatic carbocycles. The average molecular weight is 229 g/mol. The zero-order chi connectivity index (χ0) is 11.1. The molecular weight excluding hydrogens is 216 g/mol. The second-order valence-corrected chi connectivity index (χ2v) is 4.78. The molecule has 0 amide bonds. The Bertz CT molecular complexity index is 388. The first-order valence-corrected chi connectivity index (χ1v) is 6.09. The Kier molecular flexibility index (Phi) is 2.73. The summed E-state index contributed by atoms with van der Waals surface area (Å²) in [5.41, 5.74) is 5.75. The van der Waals surface area contributed by atoms with Gasteiger partial charge in [0, 0.05) is 16.9 Å². The second-order valence-electron chi connectivity index (χ2n) is 3.93. The Morgan fingerprint density at radius 2 is 2.00 bits per heavy atom. The molecule has 1 saturated carbocycles. The van der Waals surface area contributed by atoms with E-state index in [1.165, 1.54) is 11.8 Å². The Balaban J connectivity index is 2.47. The standard InChI is InChI=1S/C11H13F2NS/c1-15-8-3-2-7(9(12)10(8)13)11(6-14)4-5-11/h2-3H,4-6,14H2,1H3. The van der Waals surface area contributed by atoms with Crippen LogP contribution in [-0.2, 0) is 5.41 Å². The van der Waals surface area contributed by atoms with Gasteiger partial charge in [-0.3, -0.25) is 0 Å². The molecule has 0 radical (unpaired) electrons. The van der Waals surface area contributed by atoms with Crippen molar-refractivity contribution >= 4 is 11.8 Å². The molecule has 0 aliphatic heterocycles. The van der Waals surface area contributed by atoms with Gasteiger partial charge in [0.25, 0.3) is 0 Å². The predicted octanol–water partition coefficient (Wildman–Crippen LogP) is 2.68. The Labute approximate surface area is 92.0 Å². The van der Waals surface area contributed by atoms with Crippen LogP contribution in [0.15, 0.2) is 17.0 Å². The van der Waals surface area contributed by atoms with Crippen molar-refractivity contribution in [2.45, 2.75) is 23.2 Å². The van der Waals surface area contributed by atoms with Gasteiger partial charge >= 0.3 is 0 Å². The normalized spacial score (nSPS) is 17.9. The number of rotatable bonds is 3. The zero-order valence-electron chi connectivity index (χ0n) is 8.52. The summed E-state index contributed by atoms with van der Waals surface area (Å²) in [6, 6.07) is 3.30. The van der Waals surface area contributed by atoms with Gasteiger partial charge in [0.15, 0.2) is 11.6 Å². The molecule has 1 aliphatic rings. The minimum Gasteiger partial charge on any atom is -0.330 e. The molecule has 1 aromatic rings. The maximum absolute atomic E-state index is 13.7. The first kappa shape index (κ1) is 10.9. The molecule has 1 nitrogen and oxygen atoms in total. The first-order valence-electron chi connectivity index (χ1n) is 4.87. The third kappa shape index (κ3) is 1.66. The highest BCUT2D eigenvalue weighted by Gasteiger charge is 2.45. The van der Waals surface area contributed by atoms with E-state index in [4.69, 9.17) is 5.73 Å². The van der Waals surface area contributed by atoms with Crippen LogP contribution in [0, 0.1) is 11.6 Å². The fraction of sp³-hybridized carbons (Fsp3) is 0.455. The fourth-order valence-electron chi connectivity index (χ4n) is 1.83. The van der Waals surface area contributed by atoms with Gasteiger partial charge in [0.1, 0.15) is 0 Å². The molecule has 0 saturated heterocycles.